The van der Waals surface area contributed by atoms with E-state index in [1.54, 1.807) is 20.3 Å². The minimum atomic E-state index is -0.871. The third-order valence-electron chi connectivity index (χ3n) is 5.50. The Hall–Kier alpha value is -2.50. The Morgan fingerprint density at radius 2 is 1.79 bits per heavy atom. The van der Waals surface area contributed by atoms with Crippen LogP contribution in [0, 0.1) is 0 Å². The topological polar surface area (TPSA) is 62.2 Å². The lowest BCUT2D eigenvalue weighted by Gasteiger charge is -2.39. The minimum Gasteiger partial charge on any atom is -0.504 e. The van der Waals surface area contributed by atoms with Crippen molar-refractivity contribution in [2.24, 2.45) is 0 Å². The van der Waals surface area contributed by atoms with Gasteiger partial charge in [0.2, 0.25) is 0 Å². The normalized spacial score (nSPS) is 16.5. The van der Waals surface area contributed by atoms with Gasteiger partial charge >= 0.3 is 0 Å². The number of aliphatic hydroxyl groups is 1. The monoisotopic (exact) mass is 383 g/mol. The molecule has 1 fully saturated rings. The van der Waals surface area contributed by atoms with Crippen molar-refractivity contribution in [2.45, 2.75) is 31.4 Å². The summed E-state index contributed by atoms with van der Waals surface area (Å²) in [4.78, 5) is 2.31. The maximum absolute atomic E-state index is 11.2. The summed E-state index contributed by atoms with van der Waals surface area (Å²) in [6, 6.07) is 11.6. The van der Waals surface area contributed by atoms with E-state index in [1.807, 2.05) is 36.4 Å². The first-order valence-corrected chi connectivity index (χ1v) is 9.58. The highest BCUT2D eigenvalue weighted by Gasteiger charge is 2.36. The second kappa shape index (κ2) is 8.67. The molecular weight excluding hydrogens is 354 g/mol. The fourth-order valence-corrected chi connectivity index (χ4v) is 3.92. The number of nitrogens with zero attached hydrogens (tertiary/aromatic N) is 1. The van der Waals surface area contributed by atoms with Crippen molar-refractivity contribution in [3.63, 3.8) is 0 Å². The first-order valence-electron chi connectivity index (χ1n) is 9.58. The van der Waals surface area contributed by atoms with Gasteiger partial charge in [-0.3, -0.25) is 4.90 Å². The number of methoxy groups -OCH3 is 2. The molecule has 0 unspecified atom stereocenters. The quantitative estimate of drug-likeness (QED) is 0.715. The second-order valence-corrected chi connectivity index (χ2v) is 7.31. The molecule has 0 radical (unpaired) electrons. The number of phenolic OH excluding ortho intramolecular Hbond substituents is 1. The van der Waals surface area contributed by atoms with Gasteiger partial charge < -0.3 is 19.7 Å². The first kappa shape index (κ1) is 20.2. The molecule has 0 atom stereocenters. The van der Waals surface area contributed by atoms with Gasteiger partial charge in [-0.15, -0.1) is 6.58 Å². The van der Waals surface area contributed by atoms with Crippen LogP contribution in [-0.2, 0) is 18.6 Å². The smallest absolute Gasteiger partial charge is 0.161 e. The zero-order valence-electron chi connectivity index (χ0n) is 16.6. The van der Waals surface area contributed by atoms with Crippen LogP contribution in [0.5, 0.6) is 17.2 Å². The largest absolute Gasteiger partial charge is 0.504 e. The molecule has 0 aromatic heterocycles. The number of para-hydroxylation sites is 1. The number of likely N-dealkylation sites (tertiary alicyclic amines) is 1. The molecule has 5 nitrogen and oxygen atoms in total. The summed E-state index contributed by atoms with van der Waals surface area (Å²) >= 11 is 0. The van der Waals surface area contributed by atoms with E-state index in [9.17, 15) is 10.2 Å². The van der Waals surface area contributed by atoms with Gasteiger partial charge in [-0.2, -0.15) is 0 Å². The molecular formula is C23H29NO4. The standard InChI is InChI=1S/C23H29NO4/c1-4-7-18-14-17(15-21(28-3)22(18)25)16-24-12-10-23(26,11-13-24)19-8-5-6-9-20(19)27-2/h4-6,8-9,14-15,25-26H,1,7,10-13,16H2,2-3H3. The molecule has 0 amide bonds. The first-order chi connectivity index (χ1) is 13.5. The number of hydrogen-bond donors (Lipinski definition) is 2. The van der Waals surface area contributed by atoms with Crippen molar-refractivity contribution in [3.8, 4) is 17.2 Å². The fraction of sp³-hybridized carbons (Fsp3) is 0.391. The highest BCUT2D eigenvalue weighted by molar-refractivity contribution is 5.49. The molecule has 1 aliphatic rings. The summed E-state index contributed by atoms with van der Waals surface area (Å²) in [7, 11) is 3.20. The molecule has 2 aromatic rings. The van der Waals surface area contributed by atoms with E-state index in [1.165, 1.54) is 0 Å². The fourth-order valence-electron chi connectivity index (χ4n) is 3.92. The van der Waals surface area contributed by atoms with Crippen LogP contribution in [0.3, 0.4) is 0 Å². The molecule has 150 valence electrons. The summed E-state index contributed by atoms with van der Waals surface area (Å²) in [5, 5.41) is 21.5. The summed E-state index contributed by atoms with van der Waals surface area (Å²) in [5.74, 6) is 1.39. The molecule has 28 heavy (non-hydrogen) atoms. The summed E-state index contributed by atoms with van der Waals surface area (Å²) in [6.45, 7) is 6.04. The average Bonchev–Trinajstić information content (AvgIpc) is 2.72. The van der Waals surface area contributed by atoms with Crippen molar-refractivity contribution in [3.05, 3.63) is 65.7 Å². The highest BCUT2D eigenvalue weighted by atomic mass is 16.5. The van der Waals surface area contributed by atoms with Gasteiger partial charge in [0.05, 0.1) is 19.8 Å². The Kier molecular flexibility index (Phi) is 6.27. The van der Waals surface area contributed by atoms with E-state index in [4.69, 9.17) is 9.47 Å². The van der Waals surface area contributed by atoms with E-state index >= 15 is 0 Å². The summed E-state index contributed by atoms with van der Waals surface area (Å²) < 4.78 is 10.8. The Balaban J connectivity index is 1.72. The molecule has 0 bridgehead atoms. The van der Waals surface area contributed by atoms with Gasteiger partial charge in [0.25, 0.3) is 0 Å². The van der Waals surface area contributed by atoms with Gasteiger partial charge in [0.15, 0.2) is 11.5 Å². The van der Waals surface area contributed by atoms with Gasteiger partial charge in [-0.25, -0.2) is 0 Å². The molecule has 1 aliphatic heterocycles. The third-order valence-corrected chi connectivity index (χ3v) is 5.50. The number of phenols is 1. The summed E-state index contributed by atoms with van der Waals surface area (Å²) in [5.41, 5.74) is 1.88. The molecule has 2 N–H and O–H groups in total. The number of allylic oxidation sites excluding steroid dienone is 1. The Morgan fingerprint density at radius 3 is 2.43 bits per heavy atom. The Morgan fingerprint density at radius 1 is 1.11 bits per heavy atom. The summed E-state index contributed by atoms with van der Waals surface area (Å²) in [6.07, 6.45) is 3.64. The van der Waals surface area contributed by atoms with Crippen molar-refractivity contribution < 1.29 is 19.7 Å². The van der Waals surface area contributed by atoms with Crippen LogP contribution in [0.25, 0.3) is 0 Å². The lowest BCUT2D eigenvalue weighted by atomic mass is 9.83. The highest BCUT2D eigenvalue weighted by Crippen LogP contribution is 2.38. The van der Waals surface area contributed by atoms with Crippen LogP contribution in [0.15, 0.2) is 49.1 Å². The lowest BCUT2D eigenvalue weighted by Crippen LogP contribution is -2.42. The molecule has 1 heterocycles. The molecule has 0 aliphatic carbocycles. The number of piperidine rings is 1. The van der Waals surface area contributed by atoms with Gasteiger partial charge in [-0.05, 0) is 37.0 Å². The van der Waals surface area contributed by atoms with E-state index in [0.717, 1.165) is 42.1 Å². The molecule has 2 aromatic carbocycles. The molecule has 5 heteroatoms. The molecule has 3 rings (SSSR count). The van der Waals surface area contributed by atoms with Gasteiger partial charge in [0.1, 0.15) is 5.75 Å². The zero-order chi connectivity index (χ0) is 20.1. The van der Waals surface area contributed by atoms with Crippen LogP contribution in [0.1, 0.15) is 29.5 Å². The predicted molar refractivity (Wildman–Crippen MR) is 110 cm³/mol. The average molecular weight is 383 g/mol. The maximum Gasteiger partial charge on any atom is 0.161 e. The van der Waals surface area contributed by atoms with Crippen LogP contribution in [0.4, 0.5) is 0 Å². The Bertz CT molecular complexity index is 825. The number of ether oxygens (including phenoxy) is 2. The van der Waals surface area contributed by atoms with Crippen LogP contribution < -0.4 is 9.47 Å². The van der Waals surface area contributed by atoms with Crippen LogP contribution in [0.2, 0.25) is 0 Å². The van der Waals surface area contributed by atoms with Gasteiger partial charge in [0, 0.05) is 30.8 Å². The molecule has 1 saturated heterocycles. The van der Waals surface area contributed by atoms with Crippen LogP contribution in [-0.4, -0.2) is 42.4 Å². The van der Waals surface area contributed by atoms with Crippen molar-refractivity contribution in [2.75, 3.05) is 27.3 Å². The van der Waals surface area contributed by atoms with E-state index < -0.39 is 5.60 Å². The third kappa shape index (κ3) is 4.16. The number of benzene rings is 2. The lowest BCUT2D eigenvalue weighted by molar-refractivity contribution is -0.0292. The zero-order valence-corrected chi connectivity index (χ0v) is 16.6. The van der Waals surface area contributed by atoms with Crippen molar-refractivity contribution >= 4 is 0 Å². The Labute approximate surface area is 166 Å². The number of aromatic hydroxyl groups is 1. The van der Waals surface area contributed by atoms with E-state index in [-0.39, 0.29) is 5.75 Å². The van der Waals surface area contributed by atoms with E-state index in [0.29, 0.717) is 25.0 Å². The maximum atomic E-state index is 11.2. The molecule has 0 saturated carbocycles. The predicted octanol–water partition coefficient (Wildman–Crippen LogP) is 3.62. The SMILES string of the molecule is C=CCc1cc(CN2CCC(O)(c3ccccc3OC)CC2)cc(OC)c1O. The second-order valence-electron chi connectivity index (χ2n) is 7.31. The van der Waals surface area contributed by atoms with Crippen molar-refractivity contribution in [1.29, 1.82) is 0 Å². The molecule has 0 spiro atoms. The minimum absolute atomic E-state index is 0.176. The van der Waals surface area contributed by atoms with E-state index in [2.05, 4.69) is 11.5 Å². The number of rotatable bonds is 7. The van der Waals surface area contributed by atoms with Crippen molar-refractivity contribution in [1.82, 2.24) is 4.90 Å². The van der Waals surface area contributed by atoms with Crippen LogP contribution >= 0.6 is 0 Å². The van der Waals surface area contributed by atoms with Gasteiger partial charge in [-0.1, -0.05) is 30.3 Å². The number of hydrogen-bond acceptors (Lipinski definition) is 5.